The molecule has 0 radical (unpaired) electrons. The van der Waals surface area contributed by atoms with E-state index >= 15 is 0 Å². The summed E-state index contributed by atoms with van der Waals surface area (Å²) in [6, 6.07) is 6.14. The first-order valence-electron chi connectivity index (χ1n) is 5.95. The highest BCUT2D eigenvalue weighted by Gasteiger charge is 2.09. The molecule has 2 rings (SSSR count). The molecule has 0 unspecified atom stereocenters. The maximum Gasteiger partial charge on any atom is 0.201 e. The average Bonchev–Trinajstić information content (AvgIpc) is 2.56. The van der Waals surface area contributed by atoms with Crippen LogP contribution < -0.4 is 5.73 Å². The number of fused-ring (bicyclic) bond motifs is 1. The van der Waals surface area contributed by atoms with Crippen molar-refractivity contribution in [1.82, 2.24) is 14.5 Å². The van der Waals surface area contributed by atoms with Gasteiger partial charge in [0.1, 0.15) is 0 Å². The monoisotopic (exact) mass is 232 g/mol. The predicted octanol–water partition coefficient (Wildman–Crippen LogP) is 1.88. The number of aryl methyl sites for hydroxylation is 2. The van der Waals surface area contributed by atoms with Crippen LogP contribution >= 0.6 is 0 Å². The highest BCUT2D eigenvalue weighted by molar-refractivity contribution is 5.81. The van der Waals surface area contributed by atoms with Gasteiger partial charge in [-0.15, -0.1) is 0 Å². The maximum absolute atomic E-state index is 5.98. The van der Waals surface area contributed by atoms with E-state index in [1.165, 1.54) is 11.1 Å². The van der Waals surface area contributed by atoms with Crippen LogP contribution in [0.25, 0.3) is 11.0 Å². The van der Waals surface area contributed by atoms with Crippen LogP contribution in [0.2, 0.25) is 0 Å². The van der Waals surface area contributed by atoms with E-state index in [4.69, 9.17) is 5.73 Å². The van der Waals surface area contributed by atoms with Crippen LogP contribution in [0.15, 0.2) is 18.2 Å². The van der Waals surface area contributed by atoms with E-state index in [0.717, 1.165) is 25.0 Å². The van der Waals surface area contributed by atoms with Gasteiger partial charge in [0, 0.05) is 6.54 Å². The summed E-state index contributed by atoms with van der Waals surface area (Å²) in [4.78, 5) is 6.58. The largest absolute Gasteiger partial charge is 0.369 e. The summed E-state index contributed by atoms with van der Waals surface area (Å²) < 4.78 is 2.12. The molecule has 0 amide bonds. The van der Waals surface area contributed by atoms with E-state index < -0.39 is 0 Å². The molecule has 4 heteroatoms. The Labute approximate surface area is 102 Å². The Morgan fingerprint density at radius 3 is 2.82 bits per heavy atom. The third-order valence-corrected chi connectivity index (χ3v) is 2.98. The molecule has 1 aromatic heterocycles. The second-order valence-corrected chi connectivity index (χ2v) is 4.72. The van der Waals surface area contributed by atoms with Crippen molar-refractivity contribution in [1.29, 1.82) is 0 Å². The smallest absolute Gasteiger partial charge is 0.201 e. The van der Waals surface area contributed by atoms with Crippen molar-refractivity contribution in [3.05, 3.63) is 23.8 Å². The number of anilines is 1. The minimum absolute atomic E-state index is 0.619. The van der Waals surface area contributed by atoms with Crippen molar-refractivity contribution in [3.8, 4) is 0 Å². The van der Waals surface area contributed by atoms with Gasteiger partial charge in [-0.2, -0.15) is 0 Å². The molecule has 0 atom stereocenters. The van der Waals surface area contributed by atoms with Gasteiger partial charge in [0.05, 0.1) is 11.0 Å². The molecule has 1 aromatic carbocycles. The normalized spacial score (nSPS) is 11.5. The number of hydrogen-bond donors (Lipinski definition) is 1. The van der Waals surface area contributed by atoms with Gasteiger partial charge in [-0.25, -0.2) is 4.98 Å². The summed E-state index contributed by atoms with van der Waals surface area (Å²) >= 11 is 0. The lowest BCUT2D eigenvalue weighted by atomic mass is 10.2. The first kappa shape index (κ1) is 11.9. The Balaban J connectivity index is 2.29. The molecule has 2 N–H and O–H groups in total. The first-order valence-corrected chi connectivity index (χ1v) is 5.95. The molecule has 1 heterocycles. The topological polar surface area (TPSA) is 47.1 Å². The Morgan fingerprint density at radius 2 is 2.12 bits per heavy atom. The average molecular weight is 232 g/mol. The van der Waals surface area contributed by atoms with Gasteiger partial charge in [0.25, 0.3) is 0 Å². The Morgan fingerprint density at radius 1 is 1.35 bits per heavy atom. The number of nitrogen functional groups attached to an aromatic ring is 1. The molecule has 0 aliphatic heterocycles. The lowest BCUT2D eigenvalue weighted by Crippen LogP contribution is -2.15. The van der Waals surface area contributed by atoms with Crippen molar-refractivity contribution in [2.24, 2.45) is 0 Å². The van der Waals surface area contributed by atoms with Gasteiger partial charge in [0.2, 0.25) is 5.95 Å². The molecule has 0 aliphatic carbocycles. The van der Waals surface area contributed by atoms with Crippen molar-refractivity contribution in [2.75, 3.05) is 26.4 Å². The first-order chi connectivity index (χ1) is 8.09. The molecule has 0 saturated heterocycles. The molecule has 0 fully saturated rings. The van der Waals surface area contributed by atoms with Crippen LogP contribution in [0.1, 0.15) is 12.0 Å². The van der Waals surface area contributed by atoms with Crippen LogP contribution in [-0.2, 0) is 6.54 Å². The molecule has 0 saturated carbocycles. The second kappa shape index (κ2) is 4.75. The Hall–Kier alpha value is -1.55. The van der Waals surface area contributed by atoms with Crippen LogP contribution in [0.4, 0.5) is 5.95 Å². The molecule has 0 spiro atoms. The molecule has 4 nitrogen and oxygen atoms in total. The van der Waals surface area contributed by atoms with Crippen LogP contribution in [0.5, 0.6) is 0 Å². The number of rotatable bonds is 4. The van der Waals surface area contributed by atoms with Gasteiger partial charge in [-0.3, -0.25) is 0 Å². The Bertz CT molecular complexity index is 513. The third-order valence-electron chi connectivity index (χ3n) is 2.98. The van der Waals surface area contributed by atoms with Gasteiger partial charge in [0.15, 0.2) is 0 Å². The van der Waals surface area contributed by atoms with Crippen molar-refractivity contribution in [3.63, 3.8) is 0 Å². The lowest BCUT2D eigenvalue weighted by Gasteiger charge is -2.11. The second-order valence-electron chi connectivity index (χ2n) is 4.72. The highest BCUT2D eigenvalue weighted by atomic mass is 15.2. The molecule has 0 bridgehead atoms. The van der Waals surface area contributed by atoms with Gasteiger partial charge < -0.3 is 15.2 Å². The van der Waals surface area contributed by atoms with Crippen LogP contribution in [0.3, 0.4) is 0 Å². The summed E-state index contributed by atoms with van der Waals surface area (Å²) in [5.74, 6) is 0.619. The highest BCUT2D eigenvalue weighted by Crippen LogP contribution is 2.21. The number of nitrogens with two attached hydrogens (primary N) is 1. The predicted molar refractivity (Wildman–Crippen MR) is 72.1 cm³/mol. The number of hydrogen-bond acceptors (Lipinski definition) is 3. The standard InChI is InChI=1S/C13H20N4/c1-10-6-4-7-11-12(10)17(13(14)15-11)9-5-8-16(2)3/h4,6-7H,5,8-9H2,1-3H3,(H2,14,15). The van der Waals surface area contributed by atoms with Gasteiger partial charge >= 0.3 is 0 Å². The van der Waals surface area contributed by atoms with E-state index in [1.807, 2.05) is 12.1 Å². The van der Waals surface area contributed by atoms with Crippen molar-refractivity contribution >= 4 is 17.0 Å². The van der Waals surface area contributed by atoms with Crippen molar-refractivity contribution < 1.29 is 0 Å². The zero-order chi connectivity index (χ0) is 12.4. The summed E-state index contributed by atoms with van der Waals surface area (Å²) in [5, 5.41) is 0. The zero-order valence-corrected chi connectivity index (χ0v) is 10.8. The zero-order valence-electron chi connectivity index (χ0n) is 10.8. The van der Waals surface area contributed by atoms with Crippen LogP contribution in [0, 0.1) is 6.92 Å². The SMILES string of the molecule is Cc1cccc2nc(N)n(CCCN(C)C)c12. The maximum atomic E-state index is 5.98. The molecular formula is C13H20N4. The van der Waals surface area contributed by atoms with Crippen LogP contribution in [-0.4, -0.2) is 35.1 Å². The number of para-hydroxylation sites is 1. The molecule has 17 heavy (non-hydrogen) atoms. The van der Waals surface area contributed by atoms with Gasteiger partial charge in [-0.05, 0) is 45.6 Å². The minimum atomic E-state index is 0.619. The fourth-order valence-corrected chi connectivity index (χ4v) is 2.15. The fraction of sp³-hybridized carbons (Fsp3) is 0.462. The summed E-state index contributed by atoms with van der Waals surface area (Å²) in [6.07, 6.45) is 1.08. The minimum Gasteiger partial charge on any atom is -0.369 e. The lowest BCUT2D eigenvalue weighted by molar-refractivity contribution is 0.388. The number of benzene rings is 1. The van der Waals surface area contributed by atoms with Crippen molar-refractivity contribution in [2.45, 2.75) is 19.9 Å². The molecular weight excluding hydrogens is 212 g/mol. The van der Waals surface area contributed by atoms with Gasteiger partial charge in [-0.1, -0.05) is 12.1 Å². The van der Waals surface area contributed by atoms with E-state index in [1.54, 1.807) is 0 Å². The quantitative estimate of drug-likeness (QED) is 0.875. The number of aromatic nitrogens is 2. The van der Waals surface area contributed by atoms with E-state index in [-0.39, 0.29) is 0 Å². The van der Waals surface area contributed by atoms with E-state index in [2.05, 4.69) is 41.5 Å². The molecule has 92 valence electrons. The number of imidazole rings is 1. The number of nitrogens with zero attached hydrogens (tertiary/aromatic N) is 3. The fourth-order valence-electron chi connectivity index (χ4n) is 2.15. The molecule has 2 aromatic rings. The third kappa shape index (κ3) is 2.42. The summed E-state index contributed by atoms with van der Waals surface area (Å²) in [5.41, 5.74) is 9.37. The van der Waals surface area contributed by atoms with E-state index in [9.17, 15) is 0 Å². The summed E-state index contributed by atoms with van der Waals surface area (Å²) in [6.45, 7) is 4.09. The van der Waals surface area contributed by atoms with E-state index in [0.29, 0.717) is 5.95 Å². The molecule has 0 aliphatic rings. The Kier molecular flexibility index (Phi) is 3.33. The summed E-state index contributed by atoms with van der Waals surface area (Å²) in [7, 11) is 4.17.